The van der Waals surface area contributed by atoms with Gasteiger partial charge in [-0.05, 0) is 30.0 Å². The average molecular weight is 220 g/mol. The molecule has 3 nitrogen and oxygen atoms in total. The van der Waals surface area contributed by atoms with Crippen molar-refractivity contribution in [1.82, 2.24) is 0 Å². The summed E-state index contributed by atoms with van der Waals surface area (Å²) in [5.74, 6) is -1.01. The molecule has 0 radical (unpaired) electrons. The molecule has 0 bridgehead atoms. The smallest absolute Gasteiger partial charge is 0.335 e. The average Bonchev–Trinajstić information content (AvgIpc) is 2.15. The van der Waals surface area contributed by atoms with Gasteiger partial charge >= 0.3 is 5.97 Å². The third-order valence-corrected chi connectivity index (χ3v) is 2.46. The molecule has 16 heavy (non-hydrogen) atoms. The van der Waals surface area contributed by atoms with Crippen molar-refractivity contribution in [2.45, 2.75) is 33.1 Å². The van der Waals surface area contributed by atoms with E-state index in [-0.39, 0.29) is 16.8 Å². The first-order chi connectivity index (χ1) is 7.23. The van der Waals surface area contributed by atoms with E-state index >= 15 is 0 Å². The summed E-state index contributed by atoms with van der Waals surface area (Å²) in [5.41, 5.74) is 1.21. The van der Waals surface area contributed by atoms with Gasteiger partial charge in [-0.2, -0.15) is 0 Å². The summed E-state index contributed by atoms with van der Waals surface area (Å²) in [7, 11) is 0. The molecule has 0 spiro atoms. The Morgan fingerprint density at radius 3 is 2.12 bits per heavy atom. The third-order valence-electron chi connectivity index (χ3n) is 2.46. The summed E-state index contributed by atoms with van der Waals surface area (Å²) in [5, 5.41) is 9.07. The largest absolute Gasteiger partial charge is 0.478 e. The van der Waals surface area contributed by atoms with E-state index in [0.717, 1.165) is 0 Å². The van der Waals surface area contributed by atoms with E-state index in [2.05, 4.69) is 0 Å². The molecule has 0 aromatic heterocycles. The van der Waals surface area contributed by atoms with Crippen molar-refractivity contribution in [2.24, 2.45) is 0 Å². The molecule has 1 aromatic carbocycles. The van der Waals surface area contributed by atoms with Gasteiger partial charge in [-0.25, -0.2) is 4.79 Å². The Hall–Kier alpha value is -1.64. The highest BCUT2D eigenvalue weighted by molar-refractivity contribution is 5.96. The van der Waals surface area contributed by atoms with Crippen LogP contribution in [0, 0.1) is 0 Å². The summed E-state index contributed by atoms with van der Waals surface area (Å²) in [6.07, 6.45) is 0. The number of Topliss-reactive ketones (excluding diaryl/α,β-unsaturated/α-hetero) is 1. The molecule has 86 valence electrons. The fourth-order valence-electron chi connectivity index (χ4n) is 1.57. The van der Waals surface area contributed by atoms with E-state index in [9.17, 15) is 9.59 Å². The van der Waals surface area contributed by atoms with Gasteiger partial charge in [0.1, 0.15) is 0 Å². The number of ketones is 1. The number of benzene rings is 1. The van der Waals surface area contributed by atoms with Crippen LogP contribution in [0.1, 0.15) is 54.0 Å². The zero-order chi connectivity index (χ0) is 12.5. The Morgan fingerprint density at radius 1 is 1.19 bits per heavy atom. The van der Waals surface area contributed by atoms with Crippen LogP contribution >= 0.6 is 0 Å². The molecule has 1 rings (SSSR count). The van der Waals surface area contributed by atoms with Crippen molar-refractivity contribution in [1.29, 1.82) is 0 Å². The topological polar surface area (TPSA) is 54.4 Å². The van der Waals surface area contributed by atoms with Crippen molar-refractivity contribution in [3.8, 4) is 0 Å². The van der Waals surface area contributed by atoms with Crippen LogP contribution in [0.3, 0.4) is 0 Å². The maximum absolute atomic E-state index is 11.3. The molecule has 0 saturated heterocycles. The number of carbonyl (C=O) groups is 2. The van der Waals surface area contributed by atoms with Gasteiger partial charge in [0.25, 0.3) is 0 Å². The third kappa shape index (κ3) is 2.48. The first-order valence-electron chi connectivity index (χ1n) is 5.12. The first kappa shape index (κ1) is 12.4. The molecule has 0 aliphatic carbocycles. The SMILES string of the molecule is CC(=O)c1ccc(C(=O)O)c(C(C)(C)C)c1. The Balaban J connectivity index is 3.45. The van der Waals surface area contributed by atoms with Gasteiger partial charge < -0.3 is 5.11 Å². The second-order valence-corrected chi connectivity index (χ2v) is 4.87. The van der Waals surface area contributed by atoms with E-state index in [1.54, 1.807) is 12.1 Å². The molecule has 0 fully saturated rings. The van der Waals surface area contributed by atoms with Gasteiger partial charge in [0.05, 0.1) is 5.56 Å². The van der Waals surface area contributed by atoms with Crippen LogP contribution in [-0.2, 0) is 5.41 Å². The molecule has 1 N–H and O–H groups in total. The van der Waals surface area contributed by atoms with E-state index < -0.39 is 5.97 Å². The number of hydrogen-bond donors (Lipinski definition) is 1. The maximum atomic E-state index is 11.3. The van der Waals surface area contributed by atoms with Gasteiger partial charge in [0, 0.05) is 5.56 Å². The van der Waals surface area contributed by atoms with Crippen LogP contribution in [0.25, 0.3) is 0 Å². The standard InChI is InChI=1S/C13H16O3/c1-8(14)9-5-6-10(12(15)16)11(7-9)13(2,3)4/h5-7H,1-4H3,(H,15,16). The van der Waals surface area contributed by atoms with Gasteiger partial charge in [0.15, 0.2) is 5.78 Å². The molecule has 0 heterocycles. The van der Waals surface area contributed by atoms with Crippen LogP contribution < -0.4 is 0 Å². The molecule has 3 heteroatoms. The van der Waals surface area contributed by atoms with Crippen molar-refractivity contribution in [3.05, 3.63) is 34.9 Å². The molecular formula is C13H16O3. The summed E-state index contributed by atoms with van der Waals surface area (Å²) in [4.78, 5) is 22.3. The fraction of sp³-hybridized carbons (Fsp3) is 0.385. The van der Waals surface area contributed by atoms with Crippen LogP contribution in [0.5, 0.6) is 0 Å². The zero-order valence-electron chi connectivity index (χ0n) is 10.00. The predicted octanol–water partition coefficient (Wildman–Crippen LogP) is 2.88. The lowest BCUT2D eigenvalue weighted by atomic mass is 9.82. The van der Waals surface area contributed by atoms with E-state index in [1.165, 1.54) is 13.0 Å². The Morgan fingerprint density at radius 2 is 1.75 bits per heavy atom. The lowest BCUT2D eigenvalue weighted by molar-refractivity contribution is 0.0693. The minimum atomic E-state index is -0.958. The van der Waals surface area contributed by atoms with E-state index in [1.807, 2.05) is 20.8 Å². The zero-order valence-corrected chi connectivity index (χ0v) is 10.00. The van der Waals surface area contributed by atoms with Crippen molar-refractivity contribution < 1.29 is 14.7 Å². The molecule has 0 saturated carbocycles. The molecule has 0 atom stereocenters. The number of aromatic carboxylic acids is 1. The second kappa shape index (κ2) is 4.08. The second-order valence-electron chi connectivity index (χ2n) is 4.87. The highest BCUT2D eigenvalue weighted by atomic mass is 16.4. The van der Waals surface area contributed by atoms with Crippen molar-refractivity contribution >= 4 is 11.8 Å². The molecule has 0 unspecified atom stereocenters. The van der Waals surface area contributed by atoms with Crippen molar-refractivity contribution in [3.63, 3.8) is 0 Å². The lowest BCUT2D eigenvalue weighted by Gasteiger charge is -2.22. The predicted molar refractivity (Wildman–Crippen MR) is 62.1 cm³/mol. The summed E-state index contributed by atoms with van der Waals surface area (Å²) >= 11 is 0. The number of rotatable bonds is 2. The Labute approximate surface area is 95.1 Å². The first-order valence-corrected chi connectivity index (χ1v) is 5.12. The highest BCUT2D eigenvalue weighted by Crippen LogP contribution is 2.27. The molecule has 1 aromatic rings. The fourth-order valence-corrected chi connectivity index (χ4v) is 1.57. The molecule has 0 aliphatic heterocycles. The summed E-state index contributed by atoms with van der Waals surface area (Å²) < 4.78 is 0. The summed E-state index contributed by atoms with van der Waals surface area (Å²) in [6, 6.07) is 4.73. The maximum Gasteiger partial charge on any atom is 0.335 e. The number of hydrogen-bond acceptors (Lipinski definition) is 2. The van der Waals surface area contributed by atoms with Crippen LogP contribution in [0.15, 0.2) is 18.2 Å². The van der Waals surface area contributed by atoms with Crippen LogP contribution in [0.4, 0.5) is 0 Å². The minimum Gasteiger partial charge on any atom is -0.478 e. The number of carbonyl (C=O) groups excluding carboxylic acids is 1. The molecular weight excluding hydrogens is 204 g/mol. The Bertz CT molecular complexity index is 439. The normalized spacial score (nSPS) is 11.2. The quantitative estimate of drug-likeness (QED) is 0.780. The van der Waals surface area contributed by atoms with Gasteiger partial charge in [-0.3, -0.25) is 4.79 Å². The van der Waals surface area contributed by atoms with Crippen molar-refractivity contribution in [2.75, 3.05) is 0 Å². The number of carboxylic acids is 1. The molecule has 0 aliphatic rings. The van der Waals surface area contributed by atoms with Gasteiger partial charge in [-0.15, -0.1) is 0 Å². The monoisotopic (exact) mass is 220 g/mol. The van der Waals surface area contributed by atoms with E-state index in [4.69, 9.17) is 5.11 Å². The lowest BCUT2D eigenvalue weighted by Crippen LogP contribution is -2.17. The van der Waals surface area contributed by atoms with Gasteiger partial charge in [-0.1, -0.05) is 26.8 Å². The highest BCUT2D eigenvalue weighted by Gasteiger charge is 2.22. The Kier molecular flexibility index (Phi) is 3.17. The van der Waals surface area contributed by atoms with Crippen LogP contribution in [-0.4, -0.2) is 16.9 Å². The minimum absolute atomic E-state index is 0.0533. The number of carboxylic acid groups (broad SMARTS) is 1. The van der Waals surface area contributed by atoms with E-state index in [0.29, 0.717) is 11.1 Å². The summed E-state index contributed by atoms with van der Waals surface area (Å²) in [6.45, 7) is 7.26. The van der Waals surface area contributed by atoms with Crippen LogP contribution in [0.2, 0.25) is 0 Å². The molecule has 0 amide bonds. The van der Waals surface area contributed by atoms with Gasteiger partial charge in [0.2, 0.25) is 0 Å².